The van der Waals surface area contributed by atoms with Crippen LogP contribution in [0.25, 0.3) is 0 Å². The lowest BCUT2D eigenvalue weighted by Gasteiger charge is -2.13. The smallest absolute Gasteiger partial charge is 0.263 e. The minimum Gasteiger partial charge on any atom is -0.491 e. The van der Waals surface area contributed by atoms with Crippen molar-refractivity contribution in [1.82, 2.24) is 0 Å². The Morgan fingerprint density at radius 1 is 1.21 bits per heavy atom. The number of amides is 1. The van der Waals surface area contributed by atoms with Gasteiger partial charge in [-0.25, -0.2) is 12.8 Å². The fraction of sp³-hybridized carbons (Fsp3) is 0.133. The number of halogens is 2. The average molecular weight is 415 g/mol. The van der Waals surface area contributed by atoms with E-state index in [1.54, 1.807) is 0 Å². The lowest BCUT2D eigenvalue weighted by Crippen LogP contribution is -2.14. The van der Waals surface area contributed by atoms with Gasteiger partial charge in [-0.2, -0.15) is 0 Å². The van der Waals surface area contributed by atoms with Gasteiger partial charge in [0.05, 0.1) is 18.7 Å². The summed E-state index contributed by atoms with van der Waals surface area (Å²) in [5.41, 5.74) is 0.623. The quantitative estimate of drug-likeness (QED) is 0.807. The highest BCUT2D eigenvalue weighted by Gasteiger charge is 2.23. The van der Waals surface area contributed by atoms with E-state index in [9.17, 15) is 17.6 Å². The van der Waals surface area contributed by atoms with Gasteiger partial charge in [-0.3, -0.25) is 9.52 Å². The predicted molar refractivity (Wildman–Crippen MR) is 90.1 cm³/mol. The van der Waals surface area contributed by atoms with E-state index in [4.69, 9.17) is 4.74 Å². The van der Waals surface area contributed by atoms with Gasteiger partial charge in [-0.15, -0.1) is 0 Å². The number of hydrogen-bond donors (Lipinski definition) is 2. The summed E-state index contributed by atoms with van der Waals surface area (Å²) in [5, 5.41) is 2.65. The summed E-state index contributed by atoms with van der Waals surface area (Å²) in [6.45, 7) is 0.158. The van der Waals surface area contributed by atoms with Crippen LogP contribution >= 0.6 is 15.9 Å². The molecule has 9 heteroatoms. The topological polar surface area (TPSA) is 84.5 Å². The molecule has 0 aliphatic carbocycles. The summed E-state index contributed by atoms with van der Waals surface area (Å²) in [7, 11) is -3.93. The number of anilines is 2. The first-order valence-corrected chi connectivity index (χ1v) is 9.17. The first kappa shape index (κ1) is 16.7. The minimum absolute atomic E-state index is 0.0540. The Balaban J connectivity index is 1.97. The summed E-state index contributed by atoms with van der Waals surface area (Å²) in [5.74, 6) is -0.405. The van der Waals surface area contributed by atoms with Crippen molar-refractivity contribution < 1.29 is 22.3 Å². The number of sulfonamides is 1. The van der Waals surface area contributed by atoms with Crippen LogP contribution in [-0.4, -0.2) is 20.9 Å². The lowest BCUT2D eigenvalue weighted by molar-refractivity contribution is -0.116. The largest absolute Gasteiger partial charge is 0.491 e. The second-order valence-corrected chi connectivity index (χ2v) is 7.54. The molecule has 0 atom stereocenters. The molecule has 6 nitrogen and oxygen atoms in total. The molecule has 2 N–H and O–H groups in total. The first-order chi connectivity index (χ1) is 11.3. The molecule has 0 radical (unpaired) electrons. The second-order valence-electron chi connectivity index (χ2n) is 5.04. The maximum atomic E-state index is 12.9. The third-order valence-corrected chi connectivity index (χ3v) is 5.62. The van der Waals surface area contributed by atoms with E-state index in [0.717, 1.165) is 12.1 Å². The molecule has 0 unspecified atom stereocenters. The zero-order valence-corrected chi connectivity index (χ0v) is 14.6. The molecule has 24 heavy (non-hydrogen) atoms. The summed E-state index contributed by atoms with van der Waals surface area (Å²) >= 11 is 3.20. The van der Waals surface area contributed by atoms with Crippen LogP contribution in [0.1, 0.15) is 6.42 Å². The lowest BCUT2D eigenvalue weighted by atomic mass is 10.3. The molecule has 1 aliphatic rings. The van der Waals surface area contributed by atoms with E-state index in [0.29, 0.717) is 5.69 Å². The van der Waals surface area contributed by atoms with Crippen molar-refractivity contribution in [3.8, 4) is 5.75 Å². The summed E-state index contributed by atoms with van der Waals surface area (Å²) in [6.07, 6.45) is 0.183. The van der Waals surface area contributed by atoms with Crippen LogP contribution in [0.4, 0.5) is 15.8 Å². The van der Waals surface area contributed by atoms with Gasteiger partial charge in [-0.1, -0.05) is 0 Å². The third kappa shape index (κ3) is 3.51. The SMILES string of the molecule is O=C1CCOc2cc(S(=O)(=O)Nc3ccc(F)cc3)c(Br)cc2N1. The third-order valence-electron chi connectivity index (χ3n) is 3.28. The van der Waals surface area contributed by atoms with Gasteiger partial charge in [-0.05, 0) is 46.3 Å². The van der Waals surface area contributed by atoms with Gasteiger partial charge in [0.2, 0.25) is 5.91 Å². The highest BCUT2D eigenvalue weighted by Crippen LogP contribution is 2.36. The fourth-order valence-corrected chi connectivity index (χ4v) is 4.27. The Labute approximate surface area is 146 Å². The number of carbonyl (C=O) groups is 1. The van der Waals surface area contributed by atoms with Crippen LogP contribution < -0.4 is 14.8 Å². The predicted octanol–water partition coefficient (Wildman–Crippen LogP) is 3.11. The highest BCUT2D eigenvalue weighted by molar-refractivity contribution is 9.10. The molecular formula is C15H12BrFN2O4S. The Kier molecular flexibility index (Phi) is 4.46. The zero-order chi connectivity index (χ0) is 17.3. The molecule has 126 valence electrons. The van der Waals surface area contributed by atoms with Crippen molar-refractivity contribution in [2.24, 2.45) is 0 Å². The van der Waals surface area contributed by atoms with Crippen LogP contribution in [0.5, 0.6) is 5.75 Å². The average Bonchev–Trinajstić information content (AvgIpc) is 2.68. The molecule has 1 amide bonds. The van der Waals surface area contributed by atoms with Crippen molar-refractivity contribution in [1.29, 1.82) is 0 Å². The van der Waals surface area contributed by atoms with E-state index in [-0.39, 0.29) is 39.7 Å². The molecule has 0 saturated carbocycles. The van der Waals surface area contributed by atoms with Crippen molar-refractivity contribution in [2.45, 2.75) is 11.3 Å². The molecule has 3 rings (SSSR count). The molecule has 1 heterocycles. The van der Waals surface area contributed by atoms with Gasteiger partial charge >= 0.3 is 0 Å². The number of hydrogen-bond acceptors (Lipinski definition) is 4. The molecule has 0 fully saturated rings. The minimum atomic E-state index is -3.93. The van der Waals surface area contributed by atoms with Crippen LogP contribution in [0.15, 0.2) is 45.8 Å². The maximum absolute atomic E-state index is 12.9. The van der Waals surface area contributed by atoms with Gasteiger partial charge in [0, 0.05) is 16.2 Å². The Hall–Kier alpha value is -2.13. The van der Waals surface area contributed by atoms with Crippen molar-refractivity contribution in [3.05, 3.63) is 46.7 Å². The Morgan fingerprint density at radius 2 is 1.92 bits per heavy atom. The molecule has 0 bridgehead atoms. The van der Waals surface area contributed by atoms with E-state index in [2.05, 4.69) is 26.0 Å². The van der Waals surface area contributed by atoms with E-state index in [1.807, 2.05) is 0 Å². The van der Waals surface area contributed by atoms with E-state index >= 15 is 0 Å². The molecular weight excluding hydrogens is 403 g/mol. The number of benzene rings is 2. The molecule has 0 spiro atoms. The number of fused-ring (bicyclic) bond motifs is 1. The van der Waals surface area contributed by atoms with Crippen molar-refractivity contribution in [3.63, 3.8) is 0 Å². The van der Waals surface area contributed by atoms with Crippen LogP contribution in [0.3, 0.4) is 0 Å². The standard InChI is InChI=1S/C15H12BrFN2O4S/c16-11-7-12-13(23-6-5-15(20)18-12)8-14(11)24(21,22)19-10-3-1-9(17)2-4-10/h1-4,7-8,19H,5-6H2,(H,18,20). The number of ether oxygens (including phenoxy) is 1. The highest BCUT2D eigenvalue weighted by atomic mass is 79.9. The van der Waals surface area contributed by atoms with Crippen LogP contribution in [0.2, 0.25) is 0 Å². The van der Waals surface area contributed by atoms with Gasteiger partial charge in [0.1, 0.15) is 16.5 Å². The summed E-state index contributed by atoms with van der Waals surface area (Å²) in [6, 6.07) is 7.75. The van der Waals surface area contributed by atoms with Crippen molar-refractivity contribution in [2.75, 3.05) is 16.6 Å². The molecule has 2 aromatic rings. The second kappa shape index (κ2) is 6.40. The van der Waals surface area contributed by atoms with Crippen molar-refractivity contribution >= 4 is 43.2 Å². The monoisotopic (exact) mass is 414 g/mol. The molecule has 1 aliphatic heterocycles. The maximum Gasteiger partial charge on any atom is 0.263 e. The van der Waals surface area contributed by atoms with Crippen LogP contribution in [-0.2, 0) is 14.8 Å². The normalized spacial score (nSPS) is 14.2. The van der Waals surface area contributed by atoms with E-state index < -0.39 is 15.8 Å². The fourth-order valence-electron chi connectivity index (χ4n) is 2.15. The number of carbonyl (C=O) groups excluding carboxylic acids is 1. The first-order valence-electron chi connectivity index (χ1n) is 6.90. The summed E-state index contributed by atoms with van der Waals surface area (Å²) in [4.78, 5) is 11.5. The Bertz CT molecular complexity index is 900. The summed E-state index contributed by atoms with van der Waals surface area (Å²) < 4.78 is 46.1. The zero-order valence-electron chi connectivity index (χ0n) is 12.2. The van der Waals surface area contributed by atoms with Gasteiger partial charge in [0.25, 0.3) is 10.0 Å². The molecule has 2 aromatic carbocycles. The Morgan fingerprint density at radius 3 is 2.62 bits per heavy atom. The van der Waals surface area contributed by atoms with Gasteiger partial charge in [0.15, 0.2) is 0 Å². The molecule has 0 aromatic heterocycles. The van der Waals surface area contributed by atoms with Gasteiger partial charge < -0.3 is 10.1 Å². The van der Waals surface area contributed by atoms with E-state index in [1.165, 1.54) is 24.3 Å². The van der Waals surface area contributed by atoms with Crippen LogP contribution in [0, 0.1) is 5.82 Å². The molecule has 0 saturated heterocycles. The number of nitrogens with one attached hydrogen (secondary N) is 2. The number of rotatable bonds is 3.